The number of rotatable bonds is 0. The first-order valence-corrected chi connectivity index (χ1v) is 6.23. The molecule has 2 heteroatoms. The van der Waals surface area contributed by atoms with Crippen molar-refractivity contribution in [1.29, 1.82) is 0 Å². The van der Waals surface area contributed by atoms with E-state index in [4.69, 9.17) is 0 Å². The molecule has 0 atom stereocenters. The normalized spacial score (nSPS) is 19.5. The van der Waals surface area contributed by atoms with Crippen molar-refractivity contribution in [2.75, 3.05) is 5.75 Å². The van der Waals surface area contributed by atoms with Crippen LogP contribution in [-0.2, 0) is 0 Å². The minimum absolute atomic E-state index is 0.209. The Bertz CT molecular complexity index is 407. The molecule has 1 aromatic rings. The Labute approximate surface area is 94.6 Å². The van der Waals surface area contributed by atoms with Gasteiger partial charge in [-0.3, -0.25) is 4.79 Å². The van der Waals surface area contributed by atoms with Crippen molar-refractivity contribution >= 4 is 17.5 Å². The van der Waals surface area contributed by atoms with E-state index in [1.165, 1.54) is 0 Å². The number of hydrogen-bond acceptors (Lipinski definition) is 2. The van der Waals surface area contributed by atoms with Crippen LogP contribution in [0.2, 0.25) is 0 Å². The van der Waals surface area contributed by atoms with Crippen molar-refractivity contribution in [3.63, 3.8) is 0 Å². The molecular formula is C13H14OS. The summed E-state index contributed by atoms with van der Waals surface area (Å²) in [6, 6.07) is 7.90. The molecular weight excluding hydrogens is 204 g/mol. The number of thioether (sulfide) groups is 1. The van der Waals surface area contributed by atoms with Crippen LogP contribution in [0.3, 0.4) is 0 Å². The van der Waals surface area contributed by atoms with Crippen LogP contribution in [0.4, 0.5) is 0 Å². The lowest BCUT2D eigenvalue weighted by Crippen LogP contribution is -2.08. The van der Waals surface area contributed by atoms with E-state index in [2.05, 4.69) is 0 Å². The minimum atomic E-state index is 0.209. The van der Waals surface area contributed by atoms with Gasteiger partial charge in [-0.1, -0.05) is 18.2 Å². The summed E-state index contributed by atoms with van der Waals surface area (Å²) in [5.41, 5.74) is 1.83. The number of fused-ring (bicyclic) bond motifs is 1. The van der Waals surface area contributed by atoms with Crippen LogP contribution >= 0.6 is 11.8 Å². The molecule has 1 aromatic carbocycles. The van der Waals surface area contributed by atoms with Crippen LogP contribution in [0.15, 0.2) is 40.8 Å². The Hall–Kier alpha value is -1.02. The minimum Gasteiger partial charge on any atom is -0.289 e. The van der Waals surface area contributed by atoms with Crippen LogP contribution in [-0.4, -0.2) is 11.5 Å². The van der Waals surface area contributed by atoms with E-state index in [9.17, 15) is 4.79 Å². The summed E-state index contributed by atoms with van der Waals surface area (Å²) < 4.78 is 0. The van der Waals surface area contributed by atoms with E-state index >= 15 is 0 Å². The molecule has 1 aliphatic rings. The summed E-state index contributed by atoms with van der Waals surface area (Å²) in [5, 5.41) is 0. The predicted molar refractivity (Wildman–Crippen MR) is 64.5 cm³/mol. The standard InChI is InChI=1S/C13H14OS/c1-2-10-6-5-9-15-12-8-4-3-7-11(12)13(10)14/h2-4,7-8H,5-6,9H2,1H3/b10-2+. The van der Waals surface area contributed by atoms with Crippen molar-refractivity contribution in [1.82, 2.24) is 0 Å². The fourth-order valence-electron chi connectivity index (χ4n) is 1.79. The van der Waals surface area contributed by atoms with Gasteiger partial charge in [0.15, 0.2) is 5.78 Å². The molecule has 0 saturated heterocycles. The average Bonchev–Trinajstić information content (AvgIpc) is 2.27. The zero-order valence-corrected chi connectivity index (χ0v) is 9.64. The highest BCUT2D eigenvalue weighted by Gasteiger charge is 2.17. The quantitative estimate of drug-likeness (QED) is 0.618. The van der Waals surface area contributed by atoms with Gasteiger partial charge in [0.05, 0.1) is 0 Å². The molecule has 0 unspecified atom stereocenters. The second kappa shape index (κ2) is 4.67. The third-order valence-electron chi connectivity index (χ3n) is 2.62. The average molecular weight is 218 g/mol. The van der Waals surface area contributed by atoms with Gasteiger partial charge in [0.2, 0.25) is 0 Å². The Morgan fingerprint density at radius 3 is 2.93 bits per heavy atom. The van der Waals surface area contributed by atoms with Gasteiger partial charge in [-0.15, -0.1) is 11.8 Å². The molecule has 0 radical (unpaired) electrons. The Balaban J connectivity index is 2.46. The molecule has 0 aromatic heterocycles. The van der Waals surface area contributed by atoms with Crippen LogP contribution in [0, 0.1) is 0 Å². The van der Waals surface area contributed by atoms with Crippen molar-refractivity contribution < 1.29 is 4.79 Å². The molecule has 78 valence electrons. The molecule has 0 fully saturated rings. The van der Waals surface area contributed by atoms with E-state index < -0.39 is 0 Å². The number of benzene rings is 1. The summed E-state index contributed by atoms with van der Waals surface area (Å²) in [6.07, 6.45) is 3.95. The molecule has 2 rings (SSSR count). The summed E-state index contributed by atoms with van der Waals surface area (Å²) in [6.45, 7) is 1.95. The van der Waals surface area contributed by atoms with Crippen molar-refractivity contribution in [2.45, 2.75) is 24.7 Å². The zero-order chi connectivity index (χ0) is 10.7. The molecule has 0 aliphatic carbocycles. The van der Waals surface area contributed by atoms with Gasteiger partial charge >= 0.3 is 0 Å². The molecule has 0 spiro atoms. The number of ketones is 1. The second-order valence-electron chi connectivity index (χ2n) is 3.59. The van der Waals surface area contributed by atoms with Crippen molar-refractivity contribution in [3.05, 3.63) is 41.5 Å². The summed E-state index contributed by atoms with van der Waals surface area (Å²) in [5.74, 6) is 1.31. The van der Waals surface area contributed by atoms with Gasteiger partial charge in [-0.2, -0.15) is 0 Å². The molecule has 1 heterocycles. The monoisotopic (exact) mass is 218 g/mol. The van der Waals surface area contributed by atoms with Gasteiger partial charge in [0.25, 0.3) is 0 Å². The molecule has 0 N–H and O–H groups in total. The van der Waals surface area contributed by atoms with E-state index in [1.807, 2.05) is 37.3 Å². The Morgan fingerprint density at radius 1 is 1.33 bits per heavy atom. The largest absolute Gasteiger partial charge is 0.289 e. The van der Waals surface area contributed by atoms with Crippen LogP contribution in [0.5, 0.6) is 0 Å². The highest BCUT2D eigenvalue weighted by Crippen LogP contribution is 2.29. The zero-order valence-electron chi connectivity index (χ0n) is 8.82. The Kier molecular flexibility index (Phi) is 3.27. The molecule has 15 heavy (non-hydrogen) atoms. The first-order chi connectivity index (χ1) is 7.33. The predicted octanol–water partition coefficient (Wildman–Crippen LogP) is 3.70. The summed E-state index contributed by atoms with van der Waals surface area (Å²) in [4.78, 5) is 13.3. The highest BCUT2D eigenvalue weighted by molar-refractivity contribution is 7.99. The first kappa shape index (κ1) is 10.5. The third kappa shape index (κ3) is 2.15. The maximum Gasteiger partial charge on any atom is 0.189 e. The maximum atomic E-state index is 12.1. The number of Topliss-reactive ketones (excluding diaryl/α,β-unsaturated/α-hetero) is 1. The topological polar surface area (TPSA) is 17.1 Å². The van der Waals surface area contributed by atoms with E-state index in [0.717, 1.165) is 34.6 Å². The van der Waals surface area contributed by atoms with Crippen molar-refractivity contribution in [3.8, 4) is 0 Å². The van der Waals surface area contributed by atoms with Gasteiger partial charge in [0, 0.05) is 10.5 Å². The van der Waals surface area contributed by atoms with Crippen LogP contribution in [0.25, 0.3) is 0 Å². The summed E-state index contributed by atoms with van der Waals surface area (Å²) >= 11 is 1.79. The van der Waals surface area contributed by atoms with Gasteiger partial charge in [0.1, 0.15) is 0 Å². The van der Waals surface area contributed by atoms with Crippen LogP contribution < -0.4 is 0 Å². The van der Waals surface area contributed by atoms with Crippen molar-refractivity contribution in [2.24, 2.45) is 0 Å². The van der Waals surface area contributed by atoms with E-state index in [1.54, 1.807) is 11.8 Å². The highest BCUT2D eigenvalue weighted by atomic mass is 32.2. The van der Waals surface area contributed by atoms with E-state index in [0.29, 0.717) is 0 Å². The molecule has 1 aliphatic heterocycles. The molecule has 0 bridgehead atoms. The van der Waals surface area contributed by atoms with E-state index in [-0.39, 0.29) is 5.78 Å². The molecule has 0 saturated carbocycles. The second-order valence-corrected chi connectivity index (χ2v) is 4.73. The fraction of sp³-hybridized carbons (Fsp3) is 0.308. The molecule has 0 amide bonds. The lowest BCUT2D eigenvalue weighted by molar-refractivity contribution is 0.102. The SMILES string of the molecule is C/C=C1\CCCSc2ccccc2C1=O. The fourth-order valence-corrected chi connectivity index (χ4v) is 2.79. The van der Waals surface area contributed by atoms with Gasteiger partial charge < -0.3 is 0 Å². The third-order valence-corrected chi connectivity index (χ3v) is 3.78. The maximum absolute atomic E-state index is 12.1. The lowest BCUT2D eigenvalue weighted by Gasteiger charge is -2.14. The number of allylic oxidation sites excluding steroid dienone is 2. The lowest BCUT2D eigenvalue weighted by atomic mass is 9.99. The first-order valence-electron chi connectivity index (χ1n) is 5.24. The smallest absolute Gasteiger partial charge is 0.189 e. The van der Waals surface area contributed by atoms with Gasteiger partial charge in [-0.25, -0.2) is 0 Å². The Morgan fingerprint density at radius 2 is 2.13 bits per heavy atom. The number of carbonyl (C=O) groups is 1. The molecule has 1 nitrogen and oxygen atoms in total. The van der Waals surface area contributed by atoms with Gasteiger partial charge in [-0.05, 0) is 43.2 Å². The van der Waals surface area contributed by atoms with Crippen LogP contribution in [0.1, 0.15) is 30.1 Å². The number of carbonyl (C=O) groups excluding carboxylic acids is 1. The number of hydrogen-bond donors (Lipinski definition) is 0. The summed E-state index contributed by atoms with van der Waals surface area (Å²) in [7, 11) is 0.